The monoisotopic (exact) mass is 872 g/mol. The molecule has 3 heterocycles. The van der Waals surface area contributed by atoms with Crippen LogP contribution in [0.5, 0.6) is 0 Å². The maximum atomic E-state index is 5.71. The first-order valence-corrected chi connectivity index (χ1v) is 24.8. The third kappa shape index (κ3) is 6.84. The summed E-state index contributed by atoms with van der Waals surface area (Å²) in [6, 6.07) is 39.0. The van der Waals surface area contributed by atoms with Crippen LogP contribution in [-0.4, -0.2) is 11.7 Å². The normalized spacial score (nSPS) is 18.4. The number of nitrogens with zero attached hydrogens (tertiary/aromatic N) is 3. The standard InChI is InChI=1S/C62H74BN3/c1-37-29-53-54-55(64-37)65(42-25-26-44-45(32-42)60(13,14)35-59(44,11)12)52-34-47-46(61(15,16)36-62(47,17)18)33-49(52)63(54)48-31-41(58(8,9)10)24-28-51(48)66(53)50-27-23-40(57(5,6)7)30-43(50)38-19-21-39(22-20-38)56(2,3)4/h19-34H,35-36H2,1-18H3. The highest BCUT2D eigenvalue weighted by Gasteiger charge is 2.50. The molecule has 1 aromatic heterocycles. The van der Waals surface area contributed by atoms with Crippen LogP contribution in [0.1, 0.15) is 175 Å². The van der Waals surface area contributed by atoms with E-state index in [1.807, 2.05) is 0 Å². The van der Waals surface area contributed by atoms with Crippen LogP contribution in [-0.2, 0) is 37.9 Å². The van der Waals surface area contributed by atoms with Crippen LogP contribution in [0.15, 0.2) is 97.1 Å². The van der Waals surface area contributed by atoms with Crippen molar-refractivity contribution in [3.8, 4) is 11.1 Å². The second-order valence-electron chi connectivity index (χ2n) is 26.5. The molecule has 4 aliphatic rings. The summed E-state index contributed by atoms with van der Waals surface area (Å²) in [4.78, 5) is 10.9. The molecule has 6 aromatic rings. The molecule has 0 saturated heterocycles. The van der Waals surface area contributed by atoms with E-state index in [9.17, 15) is 0 Å². The van der Waals surface area contributed by atoms with E-state index in [0.29, 0.717) is 0 Å². The fourth-order valence-electron chi connectivity index (χ4n) is 13.1. The molecule has 3 nitrogen and oxygen atoms in total. The number of hydrogen-bond donors (Lipinski definition) is 0. The van der Waals surface area contributed by atoms with Gasteiger partial charge in [-0.05, 0) is 161 Å². The fourth-order valence-corrected chi connectivity index (χ4v) is 13.1. The van der Waals surface area contributed by atoms with E-state index in [-0.39, 0.29) is 44.6 Å². The summed E-state index contributed by atoms with van der Waals surface area (Å²) in [6.45, 7) is 42.7. The Balaban J connectivity index is 1.32. The number of benzene rings is 5. The molecule has 4 heteroatoms. The summed E-state index contributed by atoms with van der Waals surface area (Å²) in [5.41, 5.74) is 23.8. The third-order valence-electron chi connectivity index (χ3n) is 16.2. The average molecular weight is 872 g/mol. The summed E-state index contributed by atoms with van der Waals surface area (Å²) in [7, 11) is 0. The van der Waals surface area contributed by atoms with Crippen molar-refractivity contribution in [2.24, 2.45) is 0 Å². The Labute approximate surface area is 398 Å². The maximum absolute atomic E-state index is 5.71. The average Bonchev–Trinajstić information content (AvgIpc) is 3.51. The van der Waals surface area contributed by atoms with Crippen molar-refractivity contribution in [2.75, 3.05) is 9.80 Å². The molecular formula is C62H74BN3. The Morgan fingerprint density at radius 3 is 1.55 bits per heavy atom. The highest BCUT2D eigenvalue weighted by molar-refractivity contribution is 7.00. The highest BCUT2D eigenvalue weighted by Crippen LogP contribution is 2.55. The lowest BCUT2D eigenvalue weighted by atomic mass is 9.33. The Kier molecular flexibility index (Phi) is 9.48. The molecule has 2 aliphatic carbocycles. The molecular weight excluding hydrogens is 798 g/mol. The third-order valence-corrected chi connectivity index (χ3v) is 16.2. The summed E-state index contributed by atoms with van der Waals surface area (Å²) in [5.74, 6) is 1.05. The zero-order chi connectivity index (χ0) is 47.6. The molecule has 0 atom stereocenters. The number of aromatic nitrogens is 1. The van der Waals surface area contributed by atoms with Gasteiger partial charge in [-0.2, -0.15) is 0 Å². The lowest BCUT2D eigenvalue weighted by molar-refractivity contribution is 0.403. The Morgan fingerprint density at radius 2 is 0.955 bits per heavy atom. The van der Waals surface area contributed by atoms with E-state index < -0.39 is 0 Å². The van der Waals surface area contributed by atoms with Crippen molar-refractivity contribution in [3.05, 3.63) is 142 Å². The van der Waals surface area contributed by atoms with E-state index in [0.717, 1.165) is 24.4 Å². The van der Waals surface area contributed by atoms with Gasteiger partial charge in [-0.25, -0.2) is 4.98 Å². The zero-order valence-electron chi connectivity index (χ0n) is 43.6. The van der Waals surface area contributed by atoms with E-state index >= 15 is 0 Å². The number of pyridine rings is 1. The van der Waals surface area contributed by atoms with Gasteiger partial charge in [0.1, 0.15) is 5.82 Å². The maximum Gasteiger partial charge on any atom is 0.254 e. The molecule has 2 aliphatic heterocycles. The Morgan fingerprint density at radius 1 is 0.455 bits per heavy atom. The number of rotatable bonds is 3. The first kappa shape index (κ1) is 44.7. The Hall–Kier alpha value is -5.09. The van der Waals surface area contributed by atoms with Crippen LogP contribution in [0.25, 0.3) is 11.1 Å². The van der Waals surface area contributed by atoms with Crippen molar-refractivity contribution >= 4 is 57.4 Å². The minimum absolute atomic E-state index is 0.0131. The predicted molar refractivity (Wildman–Crippen MR) is 286 cm³/mol. The van der Waals surface area contributed by atoms with Gasteiger partial charge in [0.2, 0.25) is 0 Å². The van der Waals surface area contributed by atoms with Gasteiger partial charge in [-0.15, -0.1) is 0 Å². The number of anilines is 6. The van der Waals surface area contributed by atoms with Crippen LogP contribution < -0.4 is 26.2 Å². The van der Waals surface area contributed by atoms with E-state index in [4.69, 9.17) is 4.98 Å². The van der Waals surface area contributed by atoms with Crippen LogP contribution >= 0.6 is 0 Å². The molecule has 10 rings (SSSR count). The van der Waals surface area contributed by atoms with Crippen molar-refractivity contribution in [1.82, 2.24) is 4.98 Å². The fraction of sp³-hybridized carbons (Fsp3) is 0.435. The molecule has 340 valence electrons. The van der Waals surface area contributed by atoms with E-state index in [1.165, 1.54) is 94.9 Å². The molecule has 0 amide bonds. The lowest BCUT2D eigenvalue weighted by Crippen LogP contribution is -2.62. The van der Waals surface area contributed by atoms with Gasteiger partial charge in [-0.3, -0.25) is 4.90 Å². The van der Waals surface area contributed by atoms with Crippen LogP contribution in [0.2, 0.25) is 0 Å². The van der Waals surface area contributed by atoms with Crippen LogP contribution in [0.4, 0.5) is 34.3 Å². The largest absolute Gasteiger partial charge is 0.311 e. The lowest BCUT2D eigenvalue weighted by Gasteiger charge is -2.45. The molecule has 0 spiro atoms. The van der Waals surface area contributed by atoms with Gasteiger partial charge in [-0.1, -0.05) is 172 Å². The van der Waals surface area contributed by atoms with Crippen LogP contribution in [0.3, 0.4) is 0 Å². The van der Waals surface area contributed by atoms with Gasteiger partial charge in [0.25, 0.3) is 6.71 Å². The number of fused-ring (bicyclic) bond motifs is 6. The van der Waals surface area contributed by atoms with Gasteiger partial charge in [0.15, 0.2) is 0 Å². The molecule has 0 N–H and O–H groups in total. The quantitative estimate of drug-likeness (QED) is 0.165. The summed E-state index contributed by atoms with van der Waals surface area (Å²) in [6.07, 6.45) is 2.24. The van der Waals surface area contributed by atoms with Gasteiger partial charge < -0.3 is 4.90 Å². The SMILES string of the molecule is Cc1cc2c3c(n1)N(c1ccc4c(c1)C(C)(C)CC4(C)C)c1cc4c(cc1B3c1cc(C(C)(C)C)ccc1N2c1ccc(C(C)(C)C)cc1-c1ccc(C(C)(C)C)cc1)C(C)(C)CC4(C)C. The molecule has 0 bridgehead atoms. The Bertz CT molecular complexity index is 2990. The molecule has 66 heavy (non-hydrogen) atoms. The predicted octanol–water partition coefficient (Wildman–Crippen LogP) is 14.9. The second-order valence-corrected chi connectivity index (χ2v) is 26.5. The van der Waals surface area contributed by atoms with Crippen molar-refractivity contribution < 1.29 is 0 Å². The number of aryl methyl sites for hydroxylation is 1. The molecule has 0 unspecified atom stereocenters. The summed E-state index contributed by atoms with van der Waals surface area (Å²) in [5, 5.41) is 0. The first-order chi connectivity index (χ1) is 30.5. The molecule has 5 aromatic carbocycles. The van der Waals surface area contributed by atoms with Gasteiger partial charge >= 0.3 is 0 Å². The molecule has 0 radical (unpaired) electrons. The molecule has 0 fully saturated rings. The van der Waals surface area contributed by atoms with Crippen molar-refractivity contribution in [2.45, 2.75) is 175 Å². The summed E-state index contributed by atoms with van der Waals surface area (Å²) < 4.78 is 0. The number of hydrogen-bond acceptors (Lipinski definition) is 3. The van der Waals surface area contributed by atoms with Crippen molar-refractivity contribution in [1.29, 1.82) is 0 Å². The minimum Gasteiger partial charge on any atom is -0.311 e. The van der Waals surface area contributed by atoms with Gasteiger partial charge in [0, 0.05) is 34.0 Å². The smallest absolute Gasteiger partial charge is 0.254 e. The van der Waals surface area contributed by atoms with Crippen LogP contribution in [0, 0.1) is 6.92 Å². The highest BCUT2D eigenvalue weighted by atomic mass is 15.2. The second kappa shape index (κ2) is 14.0. The molecule has 0 saturated carbocycles. The first-order valence-electron chi connectivity index (χ1n) is 24.8. The van der Waals surface area contributed by atoms with Crippen molar-refractivity contribution in [3.63, 3.8) is 0 Å². The van der Waals surface area contributed by atoms with E-state index in [1.54, 1.807) is 0 Å². The topological polar surface area (TPSA) is 19.4 Å². The van der Waals surface area contributed by atoms with Gasteiger partial charge in [0.05, 0.1) is 5.69 Å². The summed E-state index contributed by atoms with van der Waals surface area (Å²) >= 11 is 0. The minimum atomic E-state index is -0.0404. The van der Waals surface area contributed by atoms with E-state index in [2.05, 4.69) is 231 Å². The zero-order valence-corrected chi connectivity index (χ0v) is 43.6.